The van der Waals surface area contributed by atoms with Crippen molar-refractivity contribution in [1.82, 2.24) is 0 Å². The Morgan fingerprint density at radius 2 is 1.85 bits per heavy atom. The van der Waals surface area contributed by atoms with Gasteiger partial charge in [-0.05, 0) is 0 Å². The summed E-state index contributed by atoms with van der Waals surface area (Å²) >= 11 is -0.750. The van der Waals surface area contributed by atoms with Crippen LogP contribution >= 0.6 is 0 Å². The molecule has 1 aromatic carbocycles. The second kappa shape index (κ2) is 5.01. The summed E-state index contributed by atoms with van der Waals surface area (Å²) in [4.78, 5) is 0. The molecule has 1 nitrogen and oxygen atoms in total. The molecule has 0 aliphatic rings. The quantitative estimate of drug-likeness (QED) is 0.770. The third-order valence-electron chi connectivity index (χ3n) is 2.38. The summed E-state index contributed by atoms with van der Waals surface area (Å²) < 4.78 is 7.05. The summed E-state index contributed by atoms with van der Waals surface area (Å²) in [5.74, 6) is 0. The maximum absolute atomic E-state index is 5.57. The van der Waals surface area contributed by atoms with Gasteiger partial charge in [-0.25, -0.2) is 0 Å². The van der Waals surface area contributed by atoms with Crippen LogP contribution in [0.15, 0.2) is 12.1 Å². The van der Waals surface area contributed by atoms with Gasteiger partial charge >= 0.3 is 91.3 Å². The van der Waals surface area contributed by atoms with E-state index in [0.717, 1.165) is 6.61 Å². The van der Waals surface area contributed by atoms with Crippen molar-refractivity contribution in [2.75, 3.05) is 6.61 Å². The van der Waals surface area contributed by atoms with Crippen LogP contribution in [-0.4, -0.2) is 28.2 Å². The van der Waals surface area contributed by atoms with Crippen LogP contribution in [0.2, 0.25) is 0 Å². The van der Waals surface area contributed by atoms with Crippen molar-refractivity contribution < 1.29 is 3.07 Å². The third kappa shape index (κ3) is 2.71. The number of hydrogen-bond acceptors (Lipinski definition) is 1. The average molecular weight is 283 g/mol. The number of aryl methyl sites for hydroxylation is 1. The van der Waals surface area contributed by atoms with Gasteiger partial charge in [0.25, 0.3) is 0 Å². The molecule has 70 valence electrons. The third-order valence-corrected chi connectivity index (χ3v) is 5.79. The van der Waals surface area contributed by atoms with E-state index in [-0.39, 0.29) is 0 Å². The second-order valence-electron chi connectivity index (χ2n) is 3.22. The molecule has 0 spiro atoms. The Balaban J connectivity index is 2.90. The Bertz CT molecular complexity index is 294. The fourth-order valence-corrected chi connectivity index (χ4v) is 3.48. The van der Waals surface area contributed by atoms with Crippen molar-refractivity contribution in [2.24, 2.45) is 0 Å². The van der Waals surface area contributed by atoms with Gasteiger partial charge in [-0.2, -0.15) is 0 Å². The van der Waals surface area contributed by atoms with Crippen LogP contribution in [0.5, 0.6) is 0 Å². The molecule has 0 N–H and O–H groups in total. The molecule has 0 aromatic heterocycles. The zero-order valence-corrected chi connectivity index (χ0v) is 11.6. The van der Waals surface area contributed by atoms with Gasteiger partial charge in [-0.15, -0.1) is 0 Å². The van der Waals surface area contributed by atoms with Gasteiger partial charge in [0.1, 0.15) is 0 Å². The summed E-state index contributed by atoms with van der Waals surface area (Å²) in [6.45, 7) is 9.49. The minimum atomic E-state index is -0.750. The van der Waals surface area contributed by atoms with Crippen molar-refractivity contribution in [1.29, 1.82) is 0 Å². The van der Waals surface area contributed by atoms with Crippen molar-refractivity contribution in [3.63, 3.8) is 0 Å². The van der Waals surface area contributed by atoms with Crippen molar-refractivity contribution >= 4 is 25.1 Å². The van der Waals surface area contributed by atoms with Gasteiger partial charge in [-0.1, -0.05) is 0 Å². The molecule has 0 aliphatic carbocycles. The first-order chi connectivity index (χ1) is 6.16. The van der Waals surface area contributed by atoms with Crippen molar-refractivity contribution in [3.05, 3.63) is 28.8 Å². The fraction of sp³-hybridized carbons (Fsp3) is 0.455. The van der Waals surface area contributed by atoms with E-state index in [2.05, 4.69) is 39.8 Å². The second-order valence-corrected chi connectivity index (χ2v) is 6.16. The molecule has 2 heteroatoms. The SMILES string of the molecule is CC[O][Sn][c]1ccc(C)c(C)c1C. The summed E-state index contributed by atoms with van der Waals surface area (Å²) in [5.41, 5.74) is 4.26. The summed E-state index contributed by atoms with van der Waals surface area (Å²) in [7, 11) is 0. The van der Waals surface area contributed by atoms with Crippen LogP contribution in [0.4, 0.5) is 0 Å². The standard InChI is InChI=1S/C9H11.C2H5O.Sn/c1-7-5-4-6-8(2)9(7)3;1-2-3;/h4-5H,1-3H3;2H2,1H3;/q;-1;+1. The summed E-state index contributed by atoms with van der Waals surface area (Å²) in [5, 5.41) is 0. The van der Waals surface area contributed by atoms with Gasteiger partial charge in [0.15, 0.2) is 0 Å². The molecule has 0 saturated heterocycles. The zero-order valence-electron chi connectivity index (χ0n) is 8.77. The van der Waals surface area contributed by atoms with Crippen LogP contribution in [0, 0.1) is 20.8 Å². The van der Waals surface area contributed by atoms with Crippen LogP contribution < -0.4 is 3.58 Å². The van der Waals surface area contributed by atoms with Gasteiger partial charge in [-0.3, -0.25) is 0 Å². The zero-order chi connectivity index (χ0) is 9.84. The molecule has 13 heavy (non-hydrogen) atoms. The molecule has 0 bridgehead atoms. The summed E-state index contributed by atoms with van der Waals surface area (Å²) in [6, 6.07) is 4.44. The Labute approximate surface area is 91.3 Å². The van der Waals surface area contributed by atoms with E-state index in [1.165, 1.54) is 20.3 Å². The van der Waals surface area contributed by atoms with Crippen LogP contribution in [0.3, 0.4) is 0 Å². The van der Waals surface area contributed by atoms with E-state index in [0.29, 0.717) is 0 Å². The maximum atomic E-state index is 5.57. The number of benzene rings is 1. The van der Waals surface area contributed by atoms with Crippen molar-refractivity contribution in [2.45, 2.75) is 27.7 Å². The van der Waals surface area contributed by atoms with E-state index in [1.54, 1.807) is 0 Å². The van der Waals surface area contributed by atoms with E-state index >= 15 is 0 Å². The molecule has 2 radical (unpaired) electrons. The predicted molar refractivity (Wildman–Crippen MR) is 57.7 cm³/mol. The van der Waals surface area contributed by atoms with E-state index < -0.39 is 21.6 Å². The predicted octanol–water partition coefficient (Wildman–Crippen LogP) is 1.89. The monoisotopic (exact) mass is 284 g/mol. The van der Waals surface area contributed by atoms with E-state index in [1.807, 2.05) is 0 Å². The van der Waals surface area contributed by atoms with Gasteiger partial charge in [0.2, 0.25) is 0 Å². The molecule has 0 heterocycles. The fourth-order valence-electron chi connectivity index (χ4n) is 1.22. The molecule has 0 atom stereocenters. The molecule has 0 unspecified atom stereocenters. The molecule has 0 amide bonds. The molecular formula is C11H16OSn. The molecule has 0 saturated carbocycles. The first-order valence-electron chi connectivity index (χ1n) is 4.61. The van der Waals surface area contributed by atoms with Crippen LogP contribution in [0.25, 0.3) is 0 Å². The molecule has 1 aromatic rings. The Hall–Kier alpha value is -0.0213. The summed E-state index contributed by atoms with van der Waals surface area (Å²) in [6.07, 6.45) is 0. The Kier molecular flexibility index (Phi) is 4.26. The van der Waals surface area contributed by atoms with E-state index in [4.69, 9.17) is 3.07 Å². The van der Waals surface area contributed by atoms with Gasteiger partial charge in [0.05, 0.1) is 0 Å². The normalized spacial score (nSPS) is 10.5. The number of rotatable bonds is 3. The molecule has 0 fully saturated rings. The minimum absolute atomic E-state index is 0.750. The van der Waals surface area contributed by atoms with Crippen LogP contribution in [0.1, 0.15) is 23.6 Å². The van der Waals surface area contributed by atoms with Gasteiger partial charge < -0.3 is 0 Å². The molecule has 1 rings (SSSR count). The van der Waals surface area contributed by atoms with Crippen LogP contribution in [-0.2, 0) is 3.07 Å². The molecular weight excluding hydrogens is 267 g/mol. The first kappa shape index (κ1) is 11.1. The average Bonchev–Trinajstić information content (AvgIpc) is 2.13. The molecule has 0 aliphatic heterocycles. The first-order valence-corrected chi connectivity index (χ1v) is 7.20. The topological polar surface area (TPSA) is 9.23 Å². The Morgan fingerprint density at radius 3 is 2.46 bits per heavy atom. The Morgan fingerprint density at radius 1 is 1.15 bits per heavy atom. The van der Waals surface area contributed by atoms with Crippen molar-refractivity contribution in [3.8, 4) is 0 Å². The number of hydrogen-bond donors (Lipinski definition) is 0. The van der Waals surface area contributed by atoms with E-state index in [9.17, 15) is 0 Å². The van der Waals surface area contributed by atoms with Gasteiger partial charge in [0, 0.05) is 0 Å².